The minimum atomic E-state index is 0.00897. The Hall–Kier alpha value is -2.11. The average molecular weight is 421 g/mol. The lowest BCUT2D eigenvalue weighted by molar-refractivity contribution is -0.0768. The first-order chi connectivity index (χ1) is 14.9. The Morgan fingerprint density at radius 3 is 1.70 bits per heavy atom. The summed E-state index contributed by atoms with van der Waals surface area (Å²) in [6, 6.07) is 30.9. The van der Waals surface area contributed by atoms with Crippen molar-refractivity contribution in [2.45, 2.75) is 37.3 Å². The van der Waals surface area contributed by atoms with Gasteiger partial charge in [-0.15, -0.1) is 0 Å². The van der Waals surface area contributed by atoms with E-state index in [1.54, 1.807) is 0 Å². The number of thioether (sulfide) groups is 1. The van der Waals surface area contributed by atoms with Gasteiger partial charge in [0.05, 0.1) is 43.9 Å². The predicted molar refractivity (Wildman–Crippen MR) is 122 cm³/mol. The van der Waals surface area contributed by atoms with E-state index in [0.717, 1.165) is 5.75 Å². The lowest BCUT2D eigenvalue weighted by Crippen LogP contribution is -2.36. The zero-order valence-electron chi connectivity index (χ0n) is 17.1. The third kappa shape index (κ3) is 6.19. The first kappa shape index (κ1) is 21.1. The lowest BCUT2D eigenvalue weighted by Gasteiger charge is -2.25. The van der Waals surface area contributed by atoms with Crippen LogP contribution in [0, 0.1) is 0 Å². The molecule has 1 aliphatic rings. The van der Waals surface area contributed by atoms with Crippen molar-refractivity contribution in [2.75, 3.05) is 12.4 Å². The maximum Gasteiger partial charge on any atom is 0.0990 e. The van der Waals surface area contributed by atoms with Crippen molar-refractivity contribution < 1.29 is 14.2 Å². The van der Waals surface area contributed by atoms with Crippen LogP contribution in [-0.4, -0.2) is 29.8 Å². The predicted octanol–water partition coefficient (Wildman–Crippen LogP) is 5.49. The van der Waals surface area contributed by atoms with Crippen molar-refractivity contribution in [2.24, 2.45) is 0 Å². The molecule has 1 fully saturated rings. The number of benzene rings is 3. The Bertz CT molecular complexity index is 857. The second-order valence-corrected chi connectivity index (χ2v) is 8.74. The first-order valence-corrected chi connectivity index (χ1v) is 11.5. The summed E-state index contributed by atoms with van der Waals surface area (Å²) >= 11 is 1.89. The number of hydrogen-bond donors (Lipinski definition) is 0. The molecule has 1 saturated heterocycles. The largest absolute Gasteiger partial charge is 0.376 e. The Labute approximate surface area is 183 Å². The maximum absolute atomic E-state index is 6.38. The summed E-state index contributed by atoms with van der Waals surface area (Å²) in [5.41, 5.74) is 3.56. The molecule has 1 heterocycles. The first-order valence-electron chi connectivity index (χ1n) is 10.4. The van der Waals surface area contributed by atoms with E-state index in [-0.39, 0.29) is 17.5 Å². The van der Waals surface area contributed by atoms with E-state index in [1.807, 2.05) is 66.4 Å². The van der Waals surface area contributed by atoms with Gasteiger partial charge in [0.2, 0.25) is 0 Å². The van der Waals surface area contributed by atoms with Crippen molar-refractivity contribution >= 4 is 11.8 Å². The molecule has 0 aliphatic carbocycles. The normalized spacial score (nSPS) is 21.0. The quantitative estimate of drug-likeness (QED) is 0.433. The fourth-order valence-corrected chi connectivity index (χ4v) is 4.92. The smallest absolute Gasteiger partial charge is 0.0990 e. The van der Waals surface area contributed by atoms with Gasteiger partial charge in [0.25, 0.3) is 0 Å². The molecule has 3 nitrogen and oxygen atoms in total. The summed E-state index contributed by atoms with van der Waals surface area (Å²) in [4.78, 5) is 0. The van der Waals surface area contributed by atoms with Gasteiger partial charge in [-0.3, -0.25) is 0 Å². The van der Waals surface area contributed by atoms with E-state index in [1.165, 1.54) is 16.7 Å². The molecule has 0 spiro atoms. The minimum Gasteiger partial charge on any atom is -0.376 e. The molecule has 30 heavy (non-hydrogen) atoms. The van der Waals surface area contributed by atoms with Crippen molar-refractivity contribution in [1.29, 1.82) is 0 Å². The molecule has 3 aromatic rings. The summed E-state index contributed by atoms with van der Waals surface area (Å²) in [6.07, 6.45) is 0.0685. The lowest BCUT2D eigenvalue weighted by atomic mass is 10.1. The Morgan fingerprint density at radius 2 is 1.13 bits per heavy atom. The topological polar surface area (TPSA) is 27.7 Å². The van der Waals surface area contributed by atoms with E-state index < -0.39 is 0 Å². The van der Waals surface area contributed by atoms with Gasteiger partial charge in [-0.1, -0.05) is 91.0 Å². The van der Waals surface area contributed by atoms with Gasteiger partial charge in [0.1, 0.15) is 0 Å². The molecule has 0 saturated carbocycles. The van der Waals surface area contributed by atoms with Crippen LogP contribution in [0.15, 0.2) is 91.0 Å². The van der Waals surface area contributed by atoms with Gasteiger partial charge in [-0.05, 0) is 16.7 Å². The van der Waals surface area contributed by atoms with Gasteiger partial charge in [-0.25, -0.2) is 0 Å². The second kappa shape index (κ2) is 11.3. The van der Waals surface area contributed by atoms with E-state index in [2.05, 4.69) is 36.4 Å². The van der Waals surface area contributed by atoms with Crippen molar-refractivity contribution in [3.63, 3.8) is 0 Å². The van der Waals surface area contributed by atoms with Crippen molar-refractivity contribution in [3.05, 3.63) is 108 Å². The third-order valence-corrected chi connectivity index (χ3v) is 6.55. The number of ether oxygens (including phenoxy) is 3. The summed E-state index contributed by atoms with van der Waals surface area (Å²) in [7, 11) is 0. The molecule has 3 atom stereocenters. The molecular weight excluding hydrogens is 392 g/mol. The van der Waals surface area contributed by atoms with Crippen molar-refractivity contribution in [1.82, 2.24) is 0 Å². The van der Waals surface area contributed by atoms with Crippen molar-refractivity contribution in [3.8, 4) is 0 Å². The molecule has 0 N–H and O–H groups in total. The summed E-state index contributed by atoms with van der Waals surface area (Å²) in [6.45, 7) is 2.48. The molecule has 4 heteroatoms. The molecule has 0 aromatic heterocycles. The molecule has 0 radical (unpaired) electrons. The molecule has 4 rings (SSSR count). The van der Waals surface area contributed by atoms with Gasteiger partial charge < -0.3 is 14.2 Å². The molecule has 3 aromatic carbocycles. The van der Waals surface area contributed by atoms with Gasteiger partial charge in [-0.2, -0.15) is 11.8 Å². The van der Waals surface area contributed by atoms with Crippen LogP contribution in [0.1, 0.15) is 16.7 Å². The second-order valence-electron chi connectivity index (χ2n) is 7.47. The van der Waals surface area contributed by atoms with E-state index >= 15 is 0 Å². The Balaban J connectivity index is 1.35. The molecular formula is C26H28O3S. The maximum atomic E-state index is 6.38. The average Bonchev–Trinajstić information content (AvgIpc) is 3.20. The van der Waals surface area contributed by atoms with Crippen LogP contribution < -0.4 is 0 Å². The van der Waals surface area contributed by atoms with E-state index in [0.29, 0.717) is 26.4 Å². The number of hydrogen-bond acceptors (Lipinski definition) is 4. The highest BCUT2D eigenvalue weighted by molar-refractivity contribution is 8.00. The standard InChI is InChI=1S/C26H28O3S/c1-4-10-21(11-5-1)16-27-19-25-26(29-18-23-14-8-3-9-15-23)24(20-30-25)28-17-22-12-6-2-7-13-22/h1-15,24-26H,16-20H2/t24?,25-,26-/m1/s1. The summed E-state index contributed by atoms with van der Waals surface area (Å²) < 4.78 is 18.7. The fourth-order valence-electron chi connectivity index (χ4n) is 3.56. The fraction of sp³-hybridized carbons (Fsp3) is 0.308. The molecule has 1 unspecified atom stereocenters. The van der Waals surface area contributed by atoms with E-state index in [4.69, 9.17) is 14.2 Å². The van der Waals surface area contributed by atoms with Gasteiger partial charge in [0.15, 0.2) is 0 Å². The highest BCUT2D eigenvalue weighted by Crippen LogP contribution is 2.33. The van der Waals surface area contributed by atoms with Crippen LogP contribution in [-0.2, 0) is 34.0 Å². The molecule has 0 amide bonds. The van der Waals surface area contributed by atoms with Crippen LogP contribution in [0.3, 0.4) is 0 Å². The van der Waals surface area contributed by atoms with Crippen LogP contribution in [0.25, 0.3) is 0 Å². The zero-order valence-corrected chi connectivity index (χ0v) is 17.9. The Kier molecular flexibility index (Phi) is 7.98. The van der Waals surface area contributed by atoms with Crippen LogP contribution in [0.4, 0.5) is 0 Å². The molecule has 156 valence electrons. The van der Waals surface area contributed by atoms with E-state index in [9.17, 15) is 0 Å². The van der Waals surface area contributed by atoms with Crippen LogP contribution in [0.2, 0.25) is 0 Å². The monoisotopic (exact) mass is 420 g/mol. The highest BCUT2D eigenvalue weighted by Gasteiger charge is 2.38. The molecule has 0 bridgehead atoms. The van der Waals surface area contributed by atoms with Crippen LogP contribution in [0.5, 0.6) is 0 Å². The molecule has 1 aliphatic heterocycles. The van der Waals surface area contributed by atoms with Crippen LogP contribution >= 0.6 is 11.8 Å². The summed E-state index contributed by atoms with van der Waals surface area (Å²) in [5, 5.41) is 0.262. The minimum absolute atomic E-state index is 0.00897. The summed E-state index contributed by atoms with van der Waals surface area (Å²) in [5.74, 6) is 0.922. The van der Waals surface area contributed by atoms with Gasteiger partial charge >= 0.3 is 0 Å². The number of rotatable bonds is 10. The zero-order chi connectivity index (χ0) is 20.4. The SMILES string of the molecule is c1ccc(COC[C@H]2SCC(OCc3ccccc3)[C@H]2OCc2ccccc2)cc1. The third-order valence-electron chi connectivity index (χ3n) is 5.19. The Morgan fingerprint density at radius 1 is 0.633 bits per heavy atom. The van der Waals surface area contributed by atoms with Gasteiger partial charge in [0, 0.05) is 5.75 Å². The highest BCUT2D eigenvalue weighted by atomic mass is 32.2.